The van der Waals surface area contributed by atoms with Crippen molar-refractivity contribution in [1.82, 2.24) is 0 Å². The van der Waals surface area contributed by atoms with Gasteiger partial charge < -0.3 is 4.90 Å². The summed E-state index contributed by atoms with van der Waals surface area (Å²) in [4.78, 5) is 18.8. The SMILES string of the molecule is CCCN1C(=O)C=NC(CCc2ccccc2)c2ccccc21. The first kappa shape index (κ1) is 15.5. The van der Waals surface area contributed by atoms with Gasteiger partial charge in [-0.1, -0.05) is 55.5 Å². The van der Waals surface area contributed by atoms with E-state index in [4.69, 9.17) is 0 Å². The van der Waals surface area contributed by atoms with Crippen molar-refractivity contribution in [2.24, 2.45) is 4.99 Å². The molecule has 2 aromatic carbocycles. The number of rotatable bonds is 5. The molecule has 118 valence electrons. The predicted molar refractivity (Wildman–Crippen MR) is 95.1 cm³/mol. The Morgan fingerprint density at radius 1 is 1.04 bits per heavy atom. The lowest BCUT2D eigenvalue weighted by molar-refractivity contribution is -0.112. The summed E-state index contributed by atoms with van der Waals surface area (Å²) in [5, 5.41) is 0. The maximum Gasteiger partial charge on any atom is 0.268 e. The lowest BCUT2D eigenvalue weighted by Gasteiger charge is -2.23. The number of fused-ring (bicyclic) bond motifs is 1. The molecule has 1 unspecified atom stereocenters. The van der Waals surface area contributed by atoms with E-state index in [0.29, 0.717) is 0 Å². The monoisotopic (exact) mass is 306 g/mol. The number of nitrogens with zero attached hydrogens (tertiary/aromatic N) is 2. The molecular formula is C20H22N2O. The summed E-state index contributed by atoms with van der Waals surface area (Å²) < 4.78 is 0. The second-order valence-electron chi connectivity index (χ2n) is 5.87. The van der Waals surface area contributed by atoms with Crippen LogP contribution >= 0.6 is 0 Å². The van der Waals surface area contributed by atoms with E-state index in [9.17, 15) is 4.79 Å². The zero-order valence-electron chi connectivity index (χ0n) is 13.5. The van der Waals surface area contributed by atoms with E-state index in [1.165, 1.54) is 11.8 Å². The molecule has 0 radical (unpaired) electrons. The van der Waals surface area contributed by atoms with Gasteiger partial charge in [-0.25, -0.2) is 0 Å². The summed E-state index contributed by atoms with van der Waals surface area (Å²) in [5.74, 6) is -0.0125. The molecule has 0 bridgehead atoms. The number of para-hydroxylation sites is 1. The maximum atomic E-state index is 12.4. The predicted octanol–water partition coefficient (Wildman–Crippen LogP) is 4.19. The van der Waals surface area contributed by atoms with Gasteiger partial charge in [-0.2, -0.15) is 0 Å². The molecule has 0 spiro atoms. The second-order valence-corrected chi connectivity index (χ2v) is 5.87. The van der Waals surface area contributed by atoms with Gasteiger partial charge >= 0.3 is 0 Å². The smallest absolute Gasteiger partial charge is 0.268 e. The highest BCUT2D eigenvalue weighted by Crippen LogP contribution is 2.33. The van der Waals surface area contributed by atoms with E-state index < -0.39 is 0 Å². The van der Waals surface area contributed by atoms with Crippen molar-refractivity contribution in [2.75, 3.05) is 11.4 Å². The van der Waals surface area contributed by atoms with Gasteiger partial charge in [0.15, 0.2) is 0 Å². The first-order valence-corrected chi connectivity index (χ1v) is 8.27. The molecule has 0 aromatic heterocycles. The van der Waals surface area contributed by atoms with Gasteiger partial charge in [-0.15, -0.1) is 0 Å². The molecule has 3 rings (SSSR count). The Hall–Kier alpha value is -2.42. The van der Waals surface area contributed by atoms with Crippen LogP contribution in [0, 0.1) is 0 Å². The quantitative estimate of drug-likeness (QED) is 0.815. The normalized spacial score (nSPS) is 17.0. The van der Waals surface area contributed by atoms with Crippen LogP contribution in [0.25, 0.3) is 0 Å². The van der Waals surface area contributed by atoms with Crippen molar-refractivity contribution in [1.29, 1.82) is 0 Å². The third-order valence-corrected chi connectivity index (χ3v) is 4.21. The van der Waals surface area contributed by atoms with Gasteiger partial charge in [0.05, 0.1) is 12.3 Å². The van der Waals surface area contributed by atoms with E-state index in [1.54, 1.807) is 0 Å². The van der Waals surface area contributed by atoms with Crippen LogP contribution in [-0.4, -0.2) is 18.7 Å². The molecule has 3 nitrogen and oxygen atoms in total. The van der Waals surface area contributed by atoms with Crippen molar-refractivity contribution in [3.8, 4) is 0 Å². The van der Waals surface area contributed by atoms with Crippen molar-refractivity contribution in [3.63, 3.8) is 0 Å². The van der Waals surface area contributed by atoms with Crippen molar-refractivity contribution in [3.05, 3.63) is 65.7 Å². The first-order valence-electron chi connectivity index (χ1n) is 8.27. The average molecular weight is 306 g/mol. The van der Waals surface area contributed by atoms with Gasteiger partial charge in [0, 0.05) is 17.8 Å². The van der Waals surface area contributed by atoms with Gasteiger partial charge in [0.2, 0.25) is 0 Å². The minimum Gasteiger partial charge on any atom is -0.307 e. The zero-order chi connectivity index (χ0) is 16.1. The summed E-state index contributed by atoms with van der Waals surface area (Å²) in [6.07, 6.45) is 4.30. The lowest BCUT2D eigenvalue weighted by atomic mass is 9.98. The van der Waals surface area contributed by atoms with Crippen LogP contribution in [0.2, 0.25) is 0 Å². The Labute approximate surface area is 137 Å². The second kappa shape index (κ2) is 7.23. The third kappa shape index (κ3) is 3.50. The highest BCUT2D eigenvalue weighted by molar-refractivity contribution is 6.33. The van der Waals surface area contributed by atoms with Crippen LogP contribution in [0.15, 0.2) is 59.6 Å². The van der Waals surface area contributed by atoms with Crippen LogP contribution in [0.5, 0.6) is 0 Å². The fourth-order valence-corrected chi connectivity index (χ4v) is 3.07. The van der Waals surface area contributed by atoms with Crippen LogP contribution in [0.4, 0.5) is 5.69 Å². The number of benzene rings is 2. The molecule has 23 heavy (non-hydrogen) atoms. The van der Waals surface area contributed by atoms with E-state index in [1.807, 2.05) is 29.2 Å². The number of amides is 1. The van der Waals surface area contributed by atoms with Crippen molar-refractivity contribution in [2.45, 2.75) is 32.2 Å². The van der Waals surface area contributed by atoms with Gasteiger partial charge in [-0.3, -0.25) is 9.79 Å². The summed E-state index contributed by atoms with van der Waals surface area (Å²) in [5.41, 5.74) is 3.47. The number of aliphatic imine (C=N–C) groups is 1. The third-order valence-electron chi connectivity index (χ3n) is 4.21. The molecular weight excluding hydrogens is 284 g/mol. The molecule has 1 aliphatic rings. The summed E-state index contributed by atoms with van der Waals surface area (Å²) in [6, 6.07) is 18.6. The standard InChI is InChI=1S/C20H22N2O/c1-2-14-22-19-11-7-6-10-17(19)18(21-15-20(22)23)13-12-16-8-4-3-5-9-16/h3-11,15,18H,2,12-14H2,1H3. The molecule has 0 saturated heterocycles. The Balaban J connectivity index is 1.86. The highest BCUT2D eigenvalue weighted by atomic mass is 16.2. The summed E-state index contributed by atoms with van der Waals surface area (Å²) in [6.45, 7) is 2.82. The number of hydrogen-bond donors (Lipinski definition) is 0. The Morgan fingerprint density at radius 2 is 1.78 bits per heavy atom. The molecule has 1 aliphatic heterocycles. The van der Waals surface area contributed by atoms with E-state index in [0.717, 1.165) is 37.1 Å². The molecule has 0 aliphatic carbocycles. The molecule has 1 atom stereocenters. The topological polar surface area (TPSA) is 32.7 Å². The minimum atomic E-state index is -0.0125. The minimum absolute atomic E-state index is 0.0125. The number of aryl methyl sites for hydroxylation is 1. The van der Waals surface area contributed by atoms with E-state index in [-0.39, 0.29) is 11.9 Å². The fourth-order valence-electron chi connectivity index (χ4n) is 3.07. The molecule has 1 heterocycles. The number of carbonyl (C=O) groups is 1. The summed E-state index contributed by atoms with van der Waals surface area (Å²) in [7, 11) is 0. The Bertz CT molecular complexity index is 694. The molecule has 2 aromatic rings. The highest BCUT2D eigenvalue weighted by Gasteiger charge is 2.24. The lowest BCUT2D eigenvalue weighted by Crippen LogP contribution is -2.32. The first-order chi connectivity index (χ1) is 11.3. The average Bonchev–Trinajstić information content (AvgIpc) is 2.73. The largest absolute Gasteiger partial charge is 0.307 e. The van der Waals surface area contributed by atoms with Gasteiger partial charge in [0.1, 0.15) is 0 Å². The summed E-state index contributed by atoms with van der Waals surface area (Å²) >= 11 is 0. The number of hydrogen-bond acceptors (Lipinski definition) is 2. The molecule has 0 N–H and O–H groups in total. The van der Waals surface area contributed by atoms with E-state index in [2.05, 4.69) is 42.2 Å². The van der Waals surface area contributed by atoms with E-state index >= 15 is 0 Å². The van der Waals surface area contributed by atoms with Crippen LogP contribution in [0.3, 0.4) is 0 Å². The Morgan fingerprint density at radius 3 is 2.57 bits per heavy atom. The number of carbonyl (C=O) groups excluding carboxylic acids is 1. The molecule has 1 amide bonds. The van der Waals surface area contributed by atoms with Crippen molar-refractivity contribution >= 4 is 17.8 Å². The number of anilines is 1. The van der Waals surface area contributed by atoms with Gasteiger partial charge in [-0.05, 0) is 30.9 Å². The molecule has 3 heteroatoms. The van der Waals surface area contributed by atoms with Crippen LogP contribution in [-0.2, 0) is 11.2 Å². The van der Waals surface area contributed by atoms with Crippen molar-refractivity contribution < 1.29 is 4.79 Å². The van der Waals surface area contributed by atoms with Crippen LogP contribution < -0.4 is 4.90 Å². The fraction of sp³-hybridized carbons (Fsp3) is 0.300. The zero-order valence-corrected chi connectivity index (χ0v) is 13.5. The maximum absolute atomic E-state index is 12.4. The van der Waals surface area contributed by atoms with Crippen LogP contribution in [0.1, 0.15) is 36.9 Å². The molecule has 0 fully saturated rings. The van der Waals surface area contributed by atoms with Gasteiger partial charge in [0.25, 0.3) is 5.91 Å². The Kier molecular flexibility index (Phi) is 4.86. The molecule has 0 saturated carbocycles.